The largest absolute Gasteiger partial charge is 0.352 e. The van der Waals surface area contributed by atoms with Gasteiger partial charge in [-0.05, 0) is 0 Å². The zero-order valence-corrected chi connectivity index (χ0v) is 4.53. The Morgan fingerprint density at radius 1 is 2.00 bits per heavy atom. The van der Waals surface area contributed by atoms with Gasteiger partial charge in [0.2, 0.25) is 5.91 Å². The topological polar surface area (TPSA) is 29.1 Å². The molecule has 3 heteroatoms. The summed E-state index contributed by atoms with van der Waals surface area (Å²) in [4.78, 5) is 10.1. The van der Waals surface area contributed by atoms with E-state index in [0.717, 1.165) is 0 Å². The van der Waals surface area contributed by atoms with Gasteiger partial charge in [0, 0.05) is 12.3 Å². The standard InChI is InChI=1S/C4H6ClNO/c5-2-3-1-4(7)6-3/h3H,1-2H2,(H,6,7)/t3-/m1/s1. The quantitative estimate of drug-likeness (QED) is 0.385. The second kappa shape index (κ2) is 1.70. The van der Waals surface area contributed by atoms with Crippen LogP contribution in [0.2, 0.25) is 0 Å². The number of hydrogen-bond donors (Lipinski definition) is 1. The van der Waals surface area contributed by atoms with E-state index in [9.17, 15) is 4.79 Å². The number of carbonyl (C=O) groups excluding carboxylic acids is 1. The monoisotopic (exact) mass is 119 g/mol. The molecule has 1 fully saturated rings. The average Bonchev–Trinajstić information content (AvgIpc) is 1.58. The van der Waals surface area contributed by atoms with Crippen LogP contribution in [0.4, 0.5) is 0 Å². The second-order valence-corrected chi connectivity index (χ2v) is 1.93. The van der Waals surface area contributed by atoms with Crippen molar-refractivity contribution in [3.05, 3.63) is 0 Å². The van der Waals surface area contributed by atoms with Crippen LogP contribution < -0.4 is 5.32 Å². The lowest BCUT2D eigenvalue weighted by Gasteiger charge is -2.23. The Kier molecular flexibility index (Phi) is 1.19. The molecule has 0 radical (unpaired) electrons. The maximum Gasteiger partial charge on any atom is 0.222 e. The number of amides is 1. The average molecular weight is 120 g/mol. The molecular weight excluding hydrogens is 114 g/mol. The number of rotatable bonds is 1. The van der Waals surface area contributed by atoms with Crippen LogP contribution in [0.25, 0.3) is 0 Å². The van der Waals surface area contributed by atoms with E-state index in [1.54, 1.807) is 0 Å². The third-order valence-electron chi connectivity index (χ3n) is 0.983. The maximum atomic E-state index is 10.1. The highest BCUT2D eigenvalue weighted by atomic mass is 35.5. The zero-order chi connectivity index (χ0) is 5.28. The van der Waals surface area contributed by atoms with Crippen molar-refractivity contribution in [2.75, 3.05) is 5.88 Å². The summed E-state index contributed by atoms with van der Waals surface area (Å²) < 4.78 is 0. The van der Waals surface area contributed by atoms with Gasteiger partial charge in [-0.3, -0.25) is 4.79 Å². The molecule has 1 saturated heterocycles. The molecule has 1 aliphatic rings. The minimum atomic E-state index is 0.116. The minimum Gasteiger partial charge on any atom is -0.352 e. The molecule has 1 aliphatic heterocycles. The highest BCUT2D eigenvalue weighted by Gasteiger charge is 2.23. The molecule has 1 N–H and O–H groups in total. The molecule has 0 spiro atoms. The zero-order valence-electron chi connectivity index (χ0n) is 3.78. The summed E-state index contributed by atoms with van der Waals surface area (Å²) in [6, 6.07) is 0.258. The van der Waals surface area contributed by atoms with Crippen LogP contribution in [0.5, 0.6) is 0 Å². The Balaban J connectivity index is 2.17. The number of carbonyl (C=O) groups is 1. The van der Waals surface area contributed by atoms with Crippen molar-refractivity contribution in [2.45, 2.75) is 12.5 Å². The molecule has 7 heavy (non-hydrogen) atoms. The molecule has 1 heterocycles. The Hall–Kier alpha value is -0.240. The fourth-order valence-electron chi connectivity index (χ4n) is 0.523. The molecule has 2 nitrogen and oxygen atoms in total. The van der Waals surface area contributed by atoms with E-state index in [4.69, 9.17) is 11.6 Å². The van der Waals surface area contributed by atoms with Crippen molar-refractivity contribution in [1.82, 2.24) is 5.32 Å². The molecule has 1 amide bonds. The van der Waals surface area contributed by atoms with Crippen LogP contribution in [0.15, 0.2) is 0 Å². The summed E-state index contributed by atoms with van der Waals surface area (Å²) in [5, 5.41) is 2.62. The molecule has 0 aromatic rings. The molecule has 0 aliphatic carbocycles. The molecule has 0 unspecified atom stereocenters. The van der Waals surface area contributed by atoms with Gasteiger partial charge in [0.25, 0.3) is 0 Å². The minimum absolute atomic E-state index is 0.116. The first-order valence-electron chi connectivity index (χ1n) is 2.18. The first-order chi connectivity index (χ1) is 3.33. The van der Waals surface area contributed by atoms with E-state index >= 15 is 0 Å². The van der Waals surface area contributed by atoms with Crippen LogP contribution in [0.1, 0.15) is 6.42 Å². The second-order valence-electron chi connectivity index (χ2n) is 1.62. The summed E-state index contributed by atoms with van der Waals surface area (Å²) >= 11 is 5.35. The lowest BCUT2D eigenvalue weighted by atomic mass is 10.1. The molecule has 40 valence electrons. The molecule has 1 atom stereocenters. The lowest BCUT2D eigenvalue weighted by Crippen LogP contribution is -2.49. The first-order valence-corrected chi connectivity index (χ1v) is 2.71. The van der Waals surface area contributed by atoms with Crippen molar-refractivity contribution < 1.29 is 4.79 Å². The molecule has 1 rings (SSSR count). The van der Waals surface area contributed by atoms with E-state index in [1.165, 1.54) is 0 Å². The Morgan fingerprint density at radius 3 is 2.71 bits per heavy atom. The number of halogens is 1. The Labute approximate surface area is 46.8 Å². The summed E-state index contributed by atoms with van der Waals surface area (Å²) in [5.41, 5.74) is 0. The van der Waals surface area contributed by atoms with E-state index < -0.39 is 0 Å². The van der Waals surface area contributed by atoms with Gasteiger partial charge in [-0.15, -0.1) is 11.6 Å². The number of hydrogen-bond acceptors (Lipinski definition) is 1. The summed E-state index contributed by atoms with van der Waals surface area (Å²) in [6.45, 7) is 0. The third-order valence-corrected chi connectivity index (χ3v) is 1.36. The molecule has 0 saturated carbocycles. The van der Waals surface area contributed by atoms with Crippen molar-refractivity contribution in [1.29, 1.82) is 0 Å². The fourth-order valence-corrected chi connectivity index (χ4v) is 0.710. The molecular formula is C4H6ClNO. The number of nitrogens with one attached hydrogen (secondary N) is 1. The van der Waals surface area contributed by atoms with Gasteiger partial charge in [-0.1, -0.05) is 0 Å². The molecule has 0 aromatic heterocycles. The van der Waals surface area contributed by atoms with Crippen LogP contribution >= 0.6 is 11.6 Å². The highest BCUT2D eigenvalue weighted by Crippen LogP contribution is 2.04. The molecule has 0 bridgehead atoms. The highest BCUT2D eigenvalue weighted by molar-refractivity contribution is 6.18. The van der Waals surface area contributed by atoms with Gasteiger partial charge in [0.15, 0.2) is 0 Å². The summed E-state index contributed by atoms with van der Waals surface area (Å²) in [5.74, 6) is 0.664. The van der Waals surface area contributed by atoms with Crippen molar-refractivity contribution in [3.8, 4) is 0 Å². The number of alkyl halides is 1. The molecule has 0 aromatic carbocycles. The number of β-lactam (4-membered cyclic amide) rings is 1. The van der Waals surface area contributed by atoms with Crippen LogP contribution in [-0.2, 0) is 4.79 Å². The fraction of sp³-hybridized carbons (Fsp3) is 0.750. The van der Waals surface area contributed by atoms with E-state index in [1.807, 2.05) is 0 Å². The van der Waals surface area contributed by atoms with Crippen molar-refractivity contribution >= 4 is 17.5 Å². The Morgan fingerprint density at radius 2 is 2.57 bits per heavy atom. The SMILES string of the molecule is O=C1C[C@H](CCl)N1. The summed E-state index contributed by atoms with van der Waals surface area (Å²) in [6.07, 6.45) is 0.615. The van der Waals surface area contributed by atoms with Gasteiger partial charge < -0.3 is 5.32 Å². The Bertz CT molecular complexity index is 85.7. The van der Waals surface area contributed by atoms with Gasteiger partial charge in [-0.2, -0.15) is 0 Å². The smallest absolute Gasteiger partial charge is 0.222 e. The van der Waals surface area contributed by atoms with E-state index in [0.29, 0.717) is 12.3 Å². The first kappa shape index (κ1) is 4.91. The maximum absolute atomic E-state index is 10.1. The predicted octanol–water partition coefficient (Wildman–Crippen LogP) is 0.114. The van der Waals surface area contributed by atoms with Crippen molar-refractivity contribution in [3.63, 3.8) is 0 Å². The normalized spacial score (nSPS) is 28.7. The van der Waals surface area contributed by atoms with Gasteiger partial charge in [0.05, 0.1) is 6.04 Å². The van der Waals surface area contributed by atoms with Crippen molar-refractivity contribution in [2.24, 2.45) is 0 Å². The van der Waals surface area contributed by atoms with Gasteiger partial charge >= 0.3 is 0 Å². The van der Waals surface area contributed by atoms with Crippen LogP contribution in [0, 0.1) is 0 Å². The predicted molar refractivity (Wildman–Crippen MR) is 27.3 cm³/mol. The van der Waals surface area contributed by atoms with E-state index in [-0.39, 0.29) is 11.9 Å². The van der Waals surface area contributed by atoms with Gasteiger partial charge in [0.1, 0.15) is 0 Å². The third kappa shape index (κ3) is 0.855. The van der Waals surface area contributed by atoms with Crippen LogP contribution in [-0.4, -0.2) is 17.8 Å². The lowest BCUT2D eigenvalue weighted by molar-refractivity contribution is -0.127. The van der Waals surface area contributed by atoms with E-state index in [2.05, 4.69) is 5.32 Å². The summed E-state index contributed by atoms with van der Waals surface area (Å²) in [7, 11) is 0. The van der Waals surface area contributed by atoms with Crippen LogP contribution in [0.3, 0.4) is 0 Å². The van der Waals surface area contributed by atoms with Gasteiger partial charge in [-0.25, -0.2) is 0 Å².